The Morgan fingerprint density at radius 2 is 2.04 bits per heavy atom. The van der Waals surface area contributed by atoms with E-state index in [1.807, 2.05) is 4.90 Å². The van der Waals surface area contributed by atoms with Crippen molar-refractivity contribution in [1.82, 2.24) is 20.0 Å². The van der Waals surface area contributed by atoms with Gasteiger partial charge < -0.3 is 23.8 Å². The summed E-state index contributed by atoms with van der Waals surface area (Å²) in [5.74, 6) is 1.09. The molecule has 0 saturated carbocycles. The number of morpholine rings is 1. The Labute approximate surface area is 150 Å². The van der Waals surface area contributed by atoms with E-state index in [1.54, 1.807) is 36.4 Å². The van der Waals surface area contributed by atoms with Gasteiger partial charge in [0.2, 0.25) is 5.95 Å². The number of nitrogens with zero attached hydrogens (tertiary/aromatic N) is 5. The molecule has 0 aliphatic carbocycles. The molecule has 1 spiro atoms. The van der Waals surface area contributed by atoms with E-state index in [2.05, 4.69) is 15.1 Å². The van der Waals surface area contributed by atoms with Gasteiger partial charge in [-0.05, 0) is 13.0 Å². The van der Waals surface area contributed by atoms with Crippen molar-refractivity contribution >= 4 is 11.9 Å². The summed E-state index contributed by atoms with van der Waals surface area (Å²) in [6.07, 6.45) is 3.43. The number of carbonyl (C=O) groups excluding carboxylic acids is 1. The molecule has 1 unspecified atom stereocenters. The first-order valence-electron chi connectivity index (χ1n) is 8.61. The van der Waals surface area contributed by atoms with Crippen molar-refractivity contribution in [2.24, 2.45) is 0 Å². The van der Waals surface area contributed by atoms with Crippen LogP contribution in [0.2, 0.25) is 0 Å². The maximum absolute atomic E-state index is 12.7. The number of anilines is 1. The third-order valence-corrected chi connectivity index (χ3v) is 4.57. The number of ether oxygens (including phenoxy) is 2. The number of hydrogen-bond donors (Lipinski definition) is 0. The molecule has 2 aromatic heterocycles. The molecule has 2 aliphatic rings. The van der Waals surface area contributed by atoms with Crippen LogP contribution >= 0.6 is 0 Å². The number of amides is 1. The molecule has 0 aromatic carbocycles. The van der Waals surface area contributed by atoms with Crippen LogP contribution in [-0.4, -0.2) is 77.5 Å². The summed E-state index contributed by atoms with van der Waals surface area (Å²) in [6, 6.07) is 3.43. The highest BCUT2D eigenvalue weighted by Gasteiger charge is 2.42. The Balaban J connectivity index is 1.53. The van der Waals surface area contributed by atoms with E-state index in [0.717, 1.165) is 0 Å². The van der Waals surface area contributed by atoms with Crippen LogP contribution in [0.15, 0.2) is 29.0 Å². The summed E-state index contributed by atoms with van der Waals surface area (Å²) in [5, 5.41) is 3.84. The molecule has 2 saturated heterocycles. The zero-order valence-electron chi connectivity index (χ0n) is 14.6. The molecule has 2 aliphatic heterocycles. The van der Waals surface area contributed by atoms with Gasteiger partial charge in [-0.1, -0.05) is 5.16 Å². The van der Waals surface area contributed by atoms with Crippen LogP contribution in [0.5, 0.6) is 0 Å². The molecule has 1 amide bonds. The Bertz CT molecular complexity index is 768. The normalized spacial score (nSPS) is 23.9. The van der Waals surface area contributed by atoms with E-state index in [9.17, 15) is 4.79 Å². The molecule has 26 heavy (non-hydrogen) atoms. The first-order chi connectivity index (χ1) is 12.7. The molecular formula is C17H21N5O4. The highest BCUT2D eigenvalue weighted by atomic mass is 16.5. The van der Waals surface area contributed by atoms with E-state index >= 15 is 0 Å². The van der Waals surface area contributed by atoms with Crippen LogP contribution < -0.4 is 4.90 Å². The minimum absolute atomic E-state index is 0.156. The van der Waals surface area contributed by atoms with Gasteiger partial charge >= 0.3 is 0 Å². The van der Waals surface area contributed by atoms with Gasteiger partial charge in [-0.3, -0.25) is 4.79 Å². The second-order valence-electron chi connectivity index (χ2n) is 6.60. The van der Waals surface area contributed by atoms with Gasteiger partial charge in [0.15, 0.2) is 5.69 Å². The van der Waals surface area contributed by atoms with E-state index in [1.165, 1.54) is 0 Å². The molecule has 138 valence electrons. The van der Waals surface area contributed by atoms with E-state index in [-0.39, 0.29) is 5.91 Å². The summed E-state index contributed by atoms with van der Waals surface area (Å²) in [6.45, 7) is 5.33. The number of hydrogen-bond acceptors (Lipinski definition) is 8. The molecule has 2 fully saturated rings. The van der Waals surface area contributed by atoms with Gasteiger partial charge in [0.1, 0.15) is 11.4 Å². The number of aromatic nitrogens is 3. The van der Waals surface area contributed by atoms with Crippen molar-refractivity contribution in [1.29, 1.82) is 0 Å². The molecule has 4 heterocycles. The molecule has 2 aromatic rings. The van der Waals surface area contributed by atoms with Crippen LogP contribution in [0, 0.1) is 6.92 Å². The SMILES string of the molecule is Cc1cc(C(=O)N2CCOC3(COCCN(c4ncccn4)C3)C2)no1. The van der Waals surface area contributed by atoms with E-state index in [4.69, 9.17) is 14.0 Å². The fourth-order valence-electron chi connectivity index (χ4n) is 3.36. The van der Waals surface area contributed by atoms with Crippen LogP contribution in [0.3, 0.4) is 0 Å². The van der Waals surface area contributed by atoms with Crippen LogP contribution in [0.25, 0.3) is 0 Å². The molecular weight excluding hydrogens is 338 g/mol. The topological polar surface area (TPSA) is 93.8 Å². The predicted molar refractivity (Wildman–Crippen MR) is 90.9 cm³/mol. The summed E-state index contributed by atoms with van der Waals surface area (Å²) >= 11 is 0. The lowest BCUT2D eigenvalue weighted by atomic mass is 10.0. The van der Waals surface area contributed by atoms with Crippen molar-refractivity contribution in [2.45, 2.75) is 12.5 Å². The van der Waals surface area contributed by atoms with Gasteiger partial charge in [0.25, 0.3) is 5.91 Å². The monoisotopic (exact) mass is 359 g/mol. The van der Waals surface area contributed by atoms with Gasteiger partial charge in [0, 0.05) is 31.5 Å². The third-order valence-electron chi connectivity index (χ3n) is 4.57. The summed E-state index contributed by atoms with van der Waals surface area (Å²) < 4.78 is 16.9. The zero-order chi connectivity index (χ0) is 18.0. The Kier molecular flexibility index (Phi) is 4.56. The molecule has 1 atom stereocenters. The molecule has 0 N–H and O–H groups in total. The van der Waals surface area contributed by atoms with Crippen molar-refractivity contribution in [3.63, 3.8) is 0 Å². The zero-order valence-corrected chi connectivity index (χ0v) is 14.6. The van der Waals surface area contributed by atoms with Crippen LogP contribution in [0.1, 0.15) is 16.2 Å². The summed E-state index contributed by atoms with van der Waals surface area (Å²) in [4.78, 5) is 25.2. The van der Waals surface area contributed by atoms with Crippen molar-refractivity contribution in [2.75, 3.05) is 50.9 Å². The van der Waals surface area contributed by atoms with Crippen molar-refractivity contribution in [3.05, 3.63) is 36.0 Å². The molecule has 0 radical (unpaired) electrons. The molecule has 0 bridgehead atoms. The standard InChI is InChI=1S/C17H21N5O4/c1-13-9-14(20-26-13)15(23)21-6-8-25-17(10-21)11-22(5-7-24-12-17)16-18-3-2-4-19-16/h2-4,9H,5-8,10-12H2,1H3. The lowest BCUT2D eigenvalue weighted by Gasteiger charge is -2.43. The second-order valence-corrected chi connectivity index (χ2v) is 6.60. The number of carbonyl (C=O) groups is 1. The summed E-state index contributed by atoms with van der Waals surface area (Å²) in [5.41, 5.74) is -0.306. The van der Waals surface area contributed by atoms with E-state index < -0.39 is 5.60 Å². The molecule has 4 rings (SSSR count). The lowest BCUT2D eigenvalue weighted by Crippen LogP contribution is -2.60. The third kappa shape index (κ3) is 3.40. The van der Waals surface area contributed by atoms with Crippen molar-refractivity contribution < 1.29 is 18.8 Å². The maximum atomic E-state index is 12.7. The lowest BCUT2D eigenvalue weighted by molar-refractivity contribution is -0.124. The predicted octanol–water partition coefficient (Wildman–Crippen LogP) is 0.521. The highest BCUT2D eigenvalue weighted by Crippen LogP contribution is 2.25. The fourth-order valence-corrected chi connectivity index (χ4v) is 3.36. The minimum Gasteiger partial charge on any atom is -0.376 e. The largest absolute Gasteiger partial charge is 0.376 e. The average molecular weight is 359 g/mol. The fraction of sp³-hybridized carbons (Fsp3) is 0.529. The first kappa shape index (κ1) is 16.9. The van der Waals surface area contributed by atoms with Crippen LogP contribution in [-0.2, 0) is 9.47 Å². The van der Waals surface area contributed by atoms with Crippen molar-refractivity contribution in [3.8, 4) is 0 Å². The Morgan fingerprint density at radius 3 is 2.81 bits per heavy atom. The van der Waals surface area contributed by atoms with Crippen LogP contribution in [0.4, 0.5) is 5.95 Å². The first-order valence-corrected chi connectivity index (χ1v) is 8.61. The van der Waals surface area contributed by atoms with Gasteiger partial charge in [-0.25, -0.2) is 9.97 Å². The smallest absolute Gasteiger partial charge is 0.276 e. The Morgan fingerprint density at radius 1 is 1.19 bits per heavy atom. The number of rotatable bonds is 2. The highest BCUT2D eigenvalue weighted by molar-refractivity contribution is 5.92. The van der Waals surface area contributed by atoms with Gasteiger partial charge in [-0.2, -0.15) is 0 Å². The maximum Gasteiger partial charge on any atom is 0.276 e. The Hall–Kier alpha value is -2.52. The second kappa shape index (κ2) is 7.00. The minimum atomic E-state index is -0.623. The average Bonchev–Trinajstić information content (AvgIpc) is 3.00. The number of aryl methyl sites for hydroxylation is 1. The molecule has 9 nitrogen and oxygen atoms in total. The van der Waals surface area contributed by atoms with Gasteiger partial charge in [-0.15, -0.1) is 0 Å². The molecule has 9 heteroatoms. The van der Waals surface area contributed by atoms with E-state index in [0.29, 0.717) is 63.4 Å². The quantitative estimate of drug-likeness (QED) is 0.766. The summed E-state index contributed by atoms with van der Waals surface area (Å²) in [7, 11) is 0. The van der Waals surface area contributed by atoms with Gasteiger partial charge in [0.05, 0.1) is 32.9 Å².